The number of methoxy groups -OCH3 is 2. The molecule has 2 aromatic rings. The second-order valence-electron chi connectivity index (χ2n) is 4.49. The Morgan fingerprint density at radius 2 is 1.79 bits per heavy atom. The maximum atomic E-state index is 10.8. The molecule has 0 saturated carbocycles. The van der Waals surface area contributed by atoms with Crippen LogP contribution in [0, 0.1) is 0 Å². The number of aliphatic hydroxyl groups is 1. The summed E-state index contributed by atoms with van der Waals surface area (Å²) in [6.45, 7) is 1.72. The number of hydrogen-bond acceptors (Lipinski definition) is 4. The van der Waals surface area contributed by atoms with Gasteiger partial charge in [0.25, 0.3) is 0 Å². The Morgan fingerprint density at radius 1 is 1.16 bits per heavy atom. The van der Waals surface area contributed by atoms with E-state index in [0.29, 0.717) is 11.4 Å². The average Bonchev–Trinajstić information content (AvgIpc) is 2.80. The van der Waals surface area contributed by atoms with Gasteiger partial charge in [0, 0.05) is 7.05 Å². The molecule has 0 amide bonds. The lowest BCUT2D eigenvalue weighted by atomic mass is 9.92. The summed E-state index contributed by atoms with van der Waals surface area (Å²) in [6, 6.07) is 7.27. The van der Waals surface area contributed by atoms with Crippen molar-refractivity contribution in [2.45, 2.75) is 12.5 Å². The fourth-order valence-electron chi connectivity index (χ4n) is 2.17. The van der Waals surface area contributed by atoms with Gasteiger partial charge in [0.2, 0.25) is 0 Å². The van der Waals surface area contributed by atoms with Crippen LogP contribution in [0.15, 0.2) is 30.5 Å². The van der Waals surface area contributed by atoms with Gasteiger partial charge in [-0.1, -0.05) is 12.1 Å². The van der Waals surface area contributed by atoms with Crippen LogP contribution >= 0.6 is 0 Å². The molecular formula is C14H18N2O3. The first kappa shape index (κ1) is 13.4. The second kappa shape index (κ2) is 4.93. The highest BCUT2D eigenvalue weighted by Crippen LogP contribution is 2.35. The normalized spacial score (nSPS) is 13.9. The van der Waals surface area contributed by atoms with E-state index in [1.807, 2.05) is 24.3 Å². The molecular weight excluding hydrogens is 244 g/mol. The van der Waals surface area contributed by atoms with Crippen LogP contribution in [0.4, 0.5) is 0 Å². The van der Waals surface area contributed by atoms with E-state index in [0.717, 1.165) is 11.3 Å². The summed E-state index contributed by atoms with van der Waals surface area (Å²) in [6.07, 6.45) is 1.59. The lowest BCUT2D eigenvalue weighted by Gasteiger charge is -2.25. The first-order chi connectivity index (χ1) is 9.00. The lowest BCUT2D eigenvalue weighted by molar-refractivity contribution is 0.0896. The summed E-state index contributed by atoms with van der Waals surface area (Å²) in [7, 11) is 4.94. The molecule has 0 spiro atoms. The van der Waals surface area contributed by atoms with Gasteiger partial charge in [-0.05, 0) is 24.6 Å². The van der Waals surface area contributed by atoms with Crippen LogP contribution in [-0.2, 0) is 12.6 Å². The Bertz CT molecular complexity index is 559. The van der Waals surface area contributed by atoms with E-state index >= 15 is 0 Å². The van der Waals surface area contributed by atoms with E-state index < -0.39 is 5.60 Å². The van der Waals surface area contributed by atoms with Gasteiger partial charge in [0.05, 0.1) is 20.4 Å². The predicted molar refractivity (Wildman–Crippen MR) is 71.4 cm³/mol. The monoisotopic (exact) mass is 262 g/mol. The predicted octanol–water partition coefficient (Wildman–Crippen LogP) is 1.69. The maximum Gasteiger partial charge on any atom is 0.163 e. The minimum absolute atomic E-state index is 0.559. The fourth-order valence-corrected chi connectivity index (χ4v) is 2.17. The number of rotatable bonds is 4. The highest BCUT2D eigenvalue weighted by Gasteiger charge is 2.32. The number of nitrogens with zero attached hydrogens (tertiary/aromatic N) is 2. The molecule has 19 heavy (non-hydrogen) atoms. The number of aryl methyl sites for hydroxylation is 1. The summed E-state index contributed by atoms with van der Waals surface area (Å²) in [5.74, 6) is 1.31. The van der Waals surface area contributed by atoms with E-state index in [-0.39, 0.29) is 0 Å². The van der Waals surface area contributed by atoms with Crippen LogP contribution in [0.1, 0.15) is 18.2 Å². The molecule has 0 fully saturated rings. The van der Waals surface area contributed by atoms with Crippen molar-refractivity contribution >= 4 is 0 Å². The zero-order valence-corrected chi connectivity index (χ0v) is 11.5. The number of benzene rings is 1. The summed E-state index contributed by atoms with van der Waals surface area (Å²) < 4.78 is 12.0. The average molecular weight is 262 g/mol. The van der Waals surface area contributed by atoms with Crippen molar-refractivity contribution in [1.29, 1.82) is 0 Å². The molecule has 0 radical (unpaired) electrons. The molecule has 0 aliphatic rings. The number of hydrogen-bond donors (Lipinski definition) is 1. The third-order valence-corrected chi connectivity index (χ3v) is 3.24. The topological polar surface area (TPSA) is 56.5 Å². The minimum Gasteiger partial charge on any atom is -0.497 e. The van der Waals surface area contributed by atoms with Crippen LogP contribution in [0.5, 0.6) is 11.5 Å². The summed E-state index contributed by atoms with van der Waals surface area (Å²) in [5, 5.41) is 14.9. The van der Waals surface area contributed by atoms with Crippen molar-refractivity contribution in [3.63, 3.8) is 0 Å². The molecule has 1 atom stereocenters. The van der Waals surface area contributed by atoms with Gasteiger partial charge in [-0.2, -0.15) is 5.10 Å². The highest BCUT2D eigenvalue weighted by atomic mass is 16.5. The van der Waals surface area contributed by atoms with E-state index in [4.69, 9.17) is 9.47 Å². The highest BCUT2D eigenvalue weighted by molar-refractivity contribution is 5.41. The largest absolute Gasteiger partial charge is 0.497 e. The third kappa shape index (κ3) is 2.29. The van der Waals surface area contributed by atoms with E-state index in [1.165, 1.54) is 0 Å². The van der Waals surface area contributed by atoms with E-state index in [1.54, 1.807) is 39.1 Å². The van der Waals surface area contributed by atoms with Crippen LogP contribution in [0.3, 0.4) is 0 Å². The summed E-state index contributed by atoms with van der Waals surface area (Å²) >= 11 is 0. The van der Waals surface area contributed by atoms with E-state index in [9.17, 15) is 5.11 Å². The zero-order chi connectivity index (χ0) is 14.0. The SMILES string of the molecule is COc1ccc(C(C)(O)c2c(OC)cnn2C)cc1. The maximum absolute atomic E-state index is 10.8. The van der Waals surface area contributed by atoms with Gasteiger partial charge < -0.3 is 14.6 Å². The number of ether oxygens (including phenoxy) is 2. The van der Waals surface area contributed by atoms with Gasteiger partial charge in [0.15, 0.2) is 5.75 Å². The molecule has 1 N–H and O–H groups in total. The molecule has 102 valence electrons. The molecule has 5 nitrogen and oxygen atoms in total. The van der Waals surface area contributed by atoms with Crippen LogP contribution in [0.25, 0.3) is 0 Å². The molecule has 0 bridgehead atoms. The van der Waals surface area contributed by atoms with Gasteiger partial charge in [-0.15, -0.1) is 0 Å². The Balaban J connectivity index is 2.48. The van der Waals surface area contributed by atoms with Crippen LogP contribution in [0.2, 0.25) is 0 Å². The zero-order valence-electron chi connectivity index (χ0n) is 11.5. The molecule has 2 rings (SSSR count). The summed E-state index contributed by atoms with van der Waals surface area (Å²) in [5.41, 5.74) is 0.165. The van der Waals surface area contributed by atoms with Gasteiger partial charge >= 0.3 is 0 Å². The van der Waals surface area contributed by atoms with Crippen molar-refractivity contribution < 1.29 is 14.6 Å². The molecule has 1 aromatic carbocycles. The van der Waals surface area contributed by atoms with E-state index in [2.05, 4.69) is 5.10 Å². The van der Waals surface area contributed by atoms with Crippen LogP contribution < -0.4 is 9.47 Å². The first-order valence-electron chi connectivity index (χ1n) is 5.94. The molecule has 1 aromatic heterocycles. The molecule has 0 saturated heterocycles. The van der Waals surface area contributed by atoms with Crippen molar-refractivity contribution in [1.82, 2.24) is 9.78 Å². The smallest absolute Gasteiger partial charge is 0.163 e. The Kier molecular flexibility index (Phi) is 3.48. The van der Waals surface area contributed by atoms with Crippen molar-refractivity contribution in [2.24, 2.45) is 7.05 Å². The number of aromatic nitrogens is 2. The van der Waals surface area contributed by atoms with Gasteiger partial charge in [-0.25, -0.2) is 0 Å². The standard InChI is InChI=1S/C14H18N2O3/c1-14(17,10-5-7-11(18-3)8-6-10)13-12(19-4)9-15-16(13)2/h5-9,17H,1-4H3. The van der Waals surface area contributed by atoms with Gasteiger partial charge in [0.1, 0.15) is 17.0 Å². The van der Waals surface area contributed by atoms with Crippen molar-refractivity contribution in [3.8, 4) is 11.5 Å². The van der Waals surface area contributed by atoms with Crippen molar-refractivity contribution in [3.05, 3.63) is 41.7 Å². The Labute approximate surface area is 112 Å². The Morgan fingerprint density at radius 3 is 2.32 bits per heavy atom. The molecule has 1 heterocycles. The molecule has 5 heteroatoms. The van der Waals surface area contributed by atoms with Crippen LogP contribution in [-0.4, -0.2) is 29.1 Å². The quantitative estimate of drug-likeness (QED) is 0.911. The lowest BCUT2D eigenvalue weighted by Crippen LogP contribution is -2.26. The van der Waals surface area contributed by atoms with Gasteiger partial charge in [-0.3, -0.25) is 4.68 Å². The first-order valence-corrected chi connectivity index (χ1v) is 5.94. The molecule has 1 unspecified atom stereocenters. The second-order valence-corrected chi connectivity index (χ2v) is 4.49. The third-order valence-electron chi connectivity index (χ3n) is 3.24. The minimum atomic E-state index is -1.19. The fraction of sp³-hybridized carbons (Fsp3) is 0.357. The molecule has 0 aliphatic carbocycles. The summed E-state index contributed by atoms with van der Waals surface area (Å²) in [4.78, 5) is 0. The molecule has 0 aliphatic heterocycles. The Hall–Kier alpha value is -2.01. The van der Waals surface area contributed by atoms with Crippen molar-refractivity contribution in [2.75, 3.05) is 14.2 Å².